The van der Waals surface area contributed by atoms with Crippen molar-refractivity contribution >= 4 is 0 Å². The molecule has 0 fully saturated rings. The van der Waals surface area contributed by atoms with Crippen molar-refractivity contribution in [1.82, 2.24) is 0 Å². The third-order valence-electron chi connectivity index (χ3n) is 1.12. The van der Waals surface area contributed by atoms with Crippen molar-refractivity contribution < 1.29 is 0 Å². The highest BCUT2D eigenvalue weighted by atomic mass is 14.1. The maximum Gasteiger partial charge on any atom is 0.0137 e. The molecule has 0 atom stereocenters. The van der Waals surface area contributed by atoms with E-state index in [0.717, 1.165) is 12.8 Å². The molecule has 0 unspecified atom stereocenters. The van der Waals surface area contributed by atoms with Gasteiger partial charge < -0.3 is 0 Å². The van der Waals surface area contributed by atoms with Crippen LogP contribution in [0.5, 0.6) is 0 Å². The molecule has 0 N–H and O–H groups in total. The Hall–Kier alpha value is -0.440. The Morgan fingerprint density at radius 1 is 1.10 bits per heavy atom. The van der Waals surface area contributed by atoms with Crippen LogP contribution in [0.3, 0.4) is 0 Å². The third kappa shape index (κ3) is 7.56. The molecule has 0 heterocycles. The lowest BCUT2D eigenvalue weighted by Crippen LogP contribution is -2.01. The van der Waals surface area contributed by atoms with Gasteiger partial charge in [-0.25, -0.2) is 0 Å². The average molecular weight is 138 g/mol. The molecule has 0 rings (SSSR count). The normalized spacial score (nSPS) is 10.4. The van der Waals surface area contributed by atoms with Crippen LogP contribution in [-0.4, -0.2) is 0 Å². The summed E-state index contributed by atoms with van der Waals surface area (Å²) in [6.45, 7) is 8.81. The molecule has 0 spiro atoms. The lowest BCUT2D eigenvalue weighted by atomic mass is 9.93. The van der Waals surface area contributed by atoms with Crippen LogP contribution in [0.1, 0.15) is 47.0 Å². The number of unbranched alkanes of at least 4 members (excludes halogenated alkanes) is 1. The molecule has 0 aliphatic rings. The van der Waals surface area contributed by atoms with E-state index in [0.29, 0.717) is 5.41 Å². The van der Waals surface area contributed by atoms with Crippen molar-refractivity contribution in [3.8, 4) is 11.8 Å². The first-order valence-electron chi connectivity index (χ1n) is 4.02. The maximum absolute atomic E-state index is 3.18. The molecule has 0 aromatic carbocycles. The topological polar surface area (TPSA) is 0 Å². The van der Waals surface area contributed by atoms with E-state index in [2.05, 4.69) is 39.5 Å². The van der Waals surface area contributed by atoms with Gasteiger partial charge in [0.2, 0.25) is 0 Å². The first kappa shape index (κ1) is 9.56. The Morgan fingerprint density at radius 3 is 2.10 bits per heavy atom. The molecule has 0 bridgehead atoms. The molecule has 58 valence electrons. The van der Waals surface area contributed by atoms with Crippen LogP contribution < -0.4 is 0 Å². The summed E-state index contributed by atoms with van der Waals surface area (Å²) >= 11 is 0. The lowest BCUT2D eigenvalue weighted by Gasteiger charge is -2.12. The molecule has 0 saturated heterocycles. The zero-order valence-electron chi connectivity index (χ0n) is 7.62. The van der Waals surface area contributed by atoms with E-state index in [9.17, 15) is 0 Å². The quantitative estimate of drug-likeness (QED) is 0.488. The standard InChI is InChI=1S/C10H18/c1-5-6-7-8-9-10(2,3)4/h5-6,9H2,1-4H3. The van der Waals surface area contributed by atoms with Crippen molar-refractivity contribution in [3.63, 3.8) is 0 Å². The first-order chi connectivity index (χ1) is 4.56. The van der Waals surface area contributed by atoms with Gasteiger partial charge >= 0.3 is 0 Å². The molecule has 0 aromatic heterocycles. The summed E-state index contributed by atoms with van der Waals surface area (Å²) in [5.41, 5.74) is 0.376. The summed E-state index contributed by atoms with van der Waals surface area (Å²) in [5, 5.41) is 0. The van der Waals surface area contributed by atoms with E-state index < -0.39 is 0 Å². The Labute approximate surface area is 65.0 Å². The zero-order valence-corrected chi connectivity index (χ0v) is 7.62. The van der Waals surface area contributed by atoms with Crippen molar-refractivity contribution in [1.29, 1.82) is 0 Å². The summed E-state index contributed by atoms with van der Waals surface area (Å²) in [6.07, 6.45) is 3.25. The van der Waals surface area contributed by atoms with Crippen molar-refractivity contribution in [2.75, 3.05) is 0 Å². The Balaban J connectivity index is 3.46. The van der Waals surface area contributed by atoms with Crippen LogP contribution >= 0.6 is 0 Å². The van der Waals surface area contributed by atoms with E-state index in [-0.39, 0.29) is 0 Å². The van der Waals surface area contributed by atoms with Gasteiger partial charge in [0.15, 0.2) is 0 Å². The predicted octanol–water partition coefficient (Wildman–Crippen LogP) is 3.23. The van der Waals surface area contributed by atoms with Crippen molar-refractivity contribution in [3.05, 3.63) is 0 Å². The maximum atomic E-state index is 3.18. The molecule has 0 aliphatic carbocycles. The van der Waals surface area contributed by atoms with Crippen LogP contribution in [0.2, 0.25) is 0 Å². The SMILES string of the molecule is CCCC#CCC(C)(C)C. The Morgan fingerprint density at radius 2 is 1.70 bits per heavy atom. The van der Waals surface area contributed by atoms with Gasteiger partial charge in [-0.05, 0) is 11.8 Å². The molecule has 0 aromatic rings. The van der Waals surface area contributed by atoms with Gasteiger partial charge in [-0.1, -0.05) is 27.7 Å². The zero-order chi connectivity index (χ0) is 8.04. The minimum absolute atomic E-state index is 0.376. The average Bonchev–Trinajstić information content (AvgIpc) is 1.78. The van der Waals surface area contributed by atoms with E-state index >= 15 is 0 Å². The van der Waals surface area contributed by atoms with Gasteiger partial charge in [-0.3, -0.25) is 0 Å². The Kier molecular flexibility index (Phi) is 4.19. The summed E-state index contributed by atoms with van der Waals surface area (Å²) in [5.74, 6) is 6.32. The molecule has 0 heteroatoms. The molecule has 0 radical (unpaired) electrons. The van der Waals surface area contributed by atoms with Crippen LogP contribution in [-0.2, 0) is 0 Å². The van der Waals surface area contributed by atoms with Gasteiger partial charge in [0.25, 0.3) is 0 Å². The fourth-order valence-corrected chi connectivity index (χ4v) is 0.541. The fourth-order valence-electron chi connectivity index (χ4n) is 0.541. The Bertz CT molecular complexity index is 126. The fraction of sp³-hybridized carbons (Fsp3) is 0.800. The lowest BCUT2D eigenvalue weighted by molar-refractivity contribution is 0.427. The summed E-state index contributed by atoms with van der Waals surface area (Å²) in [4.78, 5) is 0. The number of hydrogen-bond acceptors (Lipinski definition) is 0. The monoisotopic (exact) mass is 138 g/mol. The number of rotatable bonds is 1. The van der Waals surface area contributed by atoms with E-state index in [1.165, 1.54) is 6.42 Å². The molecule has 0 amide bonds. The van der Waals surface area contributed by atoms with Gasteiger partial charge in [-0.15, -0.1) is 11.8 Å². The largest absolute Gasteiger partial charge is 0.103 e. The molecular weight excluding hydrogens is 120 g/mol. The minimum Gasteiger partial charge on any atom is -0.103 e. The summed E-state index contributed by atoms with van der Waals surface area (Å²) in [6, 6.07) is 0. The van der Waals surface area contributed by atoms with Crippen LogP contribution in [0.4, 0.5) is 0 Å². The van der Waals surface area contributed by atoms with Crippen LogP contribution in [0.25, 0.3) is 0 Å². The van der Waals surface area contributed by atoms with E-state index in [1.54, 1.807) is 0 Å². The summed E-state index contributed by atoms with van der Waals surface area (Å²) in [7, 11) is 0. The smallest absolute Gasteiger partial charge is 0.0137 e. The second-order valence-electron chi connectivity index (χ2n) is 3.84. The second-order valence-corrected chi connectivity index (χ2v) is 3.84. The first-order valence-corrected chi connectivity index (χ1v) is 4.02. The molecule has 0 aliphatic heterocycles. The van der Waals surface area contributed by atoms with Gasteiger partial charge in [0, 0.05) is 12.8 Å². The molecule has 0 saturated carbocycles. The van der Waals surface area contributed by atoms with Crippen molar-refractivity contribution in [2.24, 2.45) is 5.41 Å². The van der Waals surface area contributed by atoms with Crippen LogP contribution in [0, 0.1) is 17.3 Å². The van der Waals surface area contributed by atoms with E-state index in [1.807, 2.05) is 0 Å². The van der Waals surface area contributed by atoms with Gasteiger partial charge in [0.05, 0.1) is 0 Å². The van der Waals surface area contributed by atoms with Gasteiger partial charge in [-0.2, -0.15) is 0 Å². The molecule has 0 nitrogen and oxygen atoms in total. The van der Waals surface area contributed by atoms with Crippen molar-refractivity contribution in [2.45, 2.75) is 47.0 Å². The summed E-state index contributed by atoms with van der Waals surface area (Å²) < 4.78 is 0. The van der Waals surface area contributed by atoms with Gasteiger partial charge in [0.1, 0.15) is 0 Å². The van der Waals surface area contributed by atoms with Crippen LogP contribution in [0.15, 0.2) is 0 Å². The highest BCUT2D eigenvalue weighted by molar-refractivity contribution is 5.00. The third-order valence-corrected chi connectivity index (χ3v) is 1.12. The second kappa shape index (κ2) is 4.39. The molecule has 10 heavy (non-hydrogen) atoms. The number of hydrogen-bond donors (Lipinski definition) is 0. The minimum atomic E-state index is 0.376. The van der Waals surface area contributed by atoms with E-state index in [4.69, 9.17) is 0 Å². The predicted molar refractivity (Wildman–Crippen MR) is 46.8 cm³/mol. The highest BCUT2D eigenvalue weighted by Gasteiger charge is 2.06. The highest BCUT2D eigenvalue weighted by Crippen LogP contribution is 2.16. The molecular formula is C10H18.